The Labute approximate surface area is 406 Å². The number of thioether (sulfide) groups is 2. The number of aromatic amines is 1. The van der Waals surface area contributed by atoms with E-state index in [0.29, 0.717) is 24.4 Å². The molecular weight excluding hydrogens is 923 g/mol. The van der Waals surface area contributed by atoms with Gasteiger partial charge in [0.2, 0.25) is 41.4 Å². The Hall–Kier alpha value is -4.94. The fourth-order valence-corrected chi connectivity index (χ4v) is 9.56. The number of amides is 8. The van der Waals surface area contributed by atoms with Gasteiger partial charge in [0.05, 0.1) is 24.3 Å². The number of nitrogens with zero attached hydrogens (tertiary/aromatic N) is 2. The fourth-order valence-electron chi connectivity index (χ4n) is 7.95. The van der Waals surface area contributed by atoms with Crippen LogP contribution in [0.3, 0.4) is 0 Å². The summed E-state index contributed by atoms with van der Waals surface area (Å²) in [6.07, 6.45) is 3.95. The molecular formula is C44H73N11O11S2. The van der Waals surface area contributed by atoms with Crippen molar-refractivity contribution in [3.8, 4) is 0 Å². The van der Waals surface area contributed by atoms with Crippen molar-refractivity contribution < 1.29 is 53.4 Å². The highest BCUT2D eigenvalue weighted by atomic mass is 32.2. The maximum Gasteiger partial charge on any atom is 0.326 e. The summed E-state index contributed by atoms with van der Waals surface area (Å²) in [6, 6.07) is -9.04. The summed E-state index contributed by atoms with van der Waals surface area (Å²) in [5, 5.41) is 40.8. The molecule has 0 radical (unpaired) electrons. The molecule has 22 nitrogen and oxygen atoms in total. The summed E-state index contributed by atoms with van der Waals surface area (Å²) in [6.45, 7) is 14.5. The van der Waals surface area contributed by atoms with Crippen molar-refractivity contribution in [2.45, 2.75) is 160 Å². The number of hydrogen-bond acceptors (Lipinski definition) is 14. The second-order valence-corrected chi connectivity index (χ2v) is 21.6. The average molecular weight is 996 g/mol. The van der Waals surface area contributed by atoms with Gasteiger partial charge in [0.25, 0.3) is 5.91 Å². The van der Waals surface area contributed by atoms with Crippen LogP contribution < -0.4 is 43.0 Å². The molecule has 8 amide bonds. The third kappa shape index (κ3) is 16.9. The molecule has 24 heteroatoms. The summed E-state index contributed by atoms with van der Waals surface area (Å²) in [7, 11) is 0. The molecule has 2 aliphatic heterocycles. The van der Waals surface area contributed by atoms with Crippen LogP contribution >= 0.6 is 23.5 Å². The van der Waals surface area contributed by atoms with Crippen molar-refractivity contribution in [3.05, 3.63) is 18.2 Å². The fraction of sp³-hybridized carbons (Fsp3) is 0.727. The first-order valence-electron chi connectivity index (χ1n) is 23.0. The third-order valence-electron chi connectivity index (χ3n) is 11.8. The highest BCUT2D eigenvalue weighted by Crippen LogP contribution is 2.40. The number of primary amides is 1. The van der Waals surface area contributed by atoms with Gasteiger partial charge in [-0.05, 0) is 82.3 Å². The third-order valence-corrected chi connectivity index (χ3v) is 13.8. The number of nitrogens with one attached hydrogen (secondary N) is 8. The largest absolute Gasteiger partial charge is 0.480 e. The highest BCUT2D eigenvalue weighted by molar-refractivity contribution is 8.00. The van der Waals surface area contributed by atoms with Crippen LogP contribution in [-0.2, 0) is 49.6 Å². The molecule has 1 aromatic rings. The number of aliphatic hydroxyl groups is 1. The molecule has 9 atom stereocenters. The maximum atomic E-state index is 14.4. The van der Waals surface area contributed by atoms with E-state index in [4.69, 9.17) is 5.73 Å². The lowest BCUT2D eigenvalue weighted by Gasteiger charge is -2.35. The van der Waals surface area contributed by atoms with Gasteiger partial charge in [0, 0.05) is 29.5 Å². The molecule has 12 N–H and O–H groups in total. The van der Waals surface area contributed by atoms with Crippen LogP contribution in [0.25, 0.3) is 0 Å². The summed E-state index contributed by atoms with van der Waals surface area (Å²) in [5.74, 6) is -7.67. The Morgan fingerprint density at radius 1 is 0.853 bits per heavy atom. The van der Waals surface area contributed by atoms with Gasteiger partial charge in [-0.15, -0.1) is 11.8 Å². The zero-order valence-corrected chi connectivity index (χ0v) is 42.1. The maximum absolute atomic E-state index is 14.4. The summed E-state index contributed by atoms with van der Waals surface area (Å²) in [5.41, 5.74) is 5.83. The van der Waals surface area contributed by atoms with Gasteiger partial charge in [-0.1, -0.05) is 41.5 Å². The number of carbonyl (C=O) groups is 9. The predicted octanol–water partition coefficient (Wildman–Crippen LogP) is -0.885. The summed E-state index contributed by atoms with van der Waals surface area (Å²) >= 11 is 2.68. The number of rotatable bonds is 27. The predicted molar refractivity (Wildman–Crippen MR) is 256 cm³/mol. The van der Waals surface area contributed by atoms with Crippen molar-refractivity contribution in [1.29, 1.82) is 0 Å². The molecule has 2 aliphatic rings. The zero-order chi connectivity index (χ0) is 51.0. The van der Waals surface area contributed by atoms with Crippen LogP contribution in [0.5, 0.6) is 0 Å². The number of aliphatic carboxylic acids is 1. The van der Waals surface area contributed by atoms with Crippen LogP contribution in [0.15, 0.2) is 12.5 Å². The van der Waals surface area contributed by atoms with Crippen molar-refractivity contribution >= 4 is 76.8 Å². The molecule has 1 unspecified atom stereocenters. The van der Waals surface area contributed by atoms with Gasteiger partial charge < -0.3 is 63.0 Å². The molecule has 1 aromatic heterocycles. The monoisotopic (exact) mass is 995 g/mol. The van der Waals surface area contributed by atoms with Crippen molar-refractivity contribution in [3.63, 3.8) is 0 Å². The summed E-state index contributed by atoms with van der Waals surface area (Å²) < 4.78 is -0.934. The lowest BCUT2D eigenvalue weighted by atomic mass is 9.94. The number of aromatic nitrogens is 2. The van der Waals surface area contributed by atoms with Crippen molar-refractivity contribution in [2.24, 2.45) is 23.5 Å². The topological polar surface area (TPSA) is 336 Å². The van der Waals surface area contributed by atoms with Gasteiger partial charge in [-0.25, -0.2) is 9.78 Å². The molecule has 0 aromatic carbocycles. The standard InChI is InChI=1S/C44H73N11O11S2/c1-22(2)17-29(51-40(62)32(23(3)4)53-38(60)27(12-13-31(45)56)49-36(58)26-11-10-15-47-26)34(57)42(64)55-21-68-44(7,8)35(55)41(63)54-33(24(5)6)39(61)50-28(14-16-67-9)37(59)52-30(43(65)66)18-25-19-46-20-48-25/h19-20,22-24,26-30,32-35,47,57H,10-18,21H2,1-9H3,(H2,45,56)(H,46,48)(H,49,58)(H,50,61)(H,51,62)(H,52,59)(H,53,60)(H,54,63)(H,65,66)/t26-,27-,28-,29-,30-,32-,33-,34?,35+/m0/s1. The summed E-state index contributed by atoms with van der Waals surface area (Å²) in [4.78, 5) is 128. The van der Waals surface area contributed by atoms with Crippen LogP contribution in [0, 0.1) is 17.8 Å². The van der Waals surface area contributed by atoms with E-state index in [1.807, 2.05) is 20.1 Å². The van der Waals surface area contributed by atoms with E-state index in [0.717, 1.165) is 6.42 Å². The molecule has 68 heavy (non-hydrogen) atoms. The van der Waals surface area contributed by atoms with E-state index >= 15 is 0 Å². The number of carboxylic acids is 1. The number of imidazole rings is 1. The second kappa shape index (κ2) is 26.7. The van der Waals surface area contributed by atoms with Gasteiger partial charge in [0.1, 0.15) is 36.3 Å². The number of carbonyl (C=O) groups excluding carboxylic acids is 8. The minimum atomic E-state index is -1.86. The van der Waals surface area contributed by atoms with Crippen LogP contribution in [-0.4, -0.2) is 162 Å². The van der Waals surface area contributed by atoms with Gasteiger partial charge >= 0.3 is 5.97 Å². The molecule has 3 heterocycles. The van der Waals surface area contributed by atoms with E-state index in [2.05, 4.69) is 47.2 Å². The van der Waals surface area contributed by atoms with E-state index < -0.39 is 124 Å². The van der Waals surface area contributed by atoms with Crippen molar-refractivity contribution in [1.82, 2.24) is 52.1 Å². The molecule has 0 bridgehead atoms. The Bertz CT molecular complexity index is 1910. The molecule has 2 saturated heterocycles. The molecule has 3 rings (SSSR count). The first kappa shape index (κ1) is 57.4. The lowest BCUT2D eigenvalue weighted by Crippen LogP contribution is -2.63. The van der Waals surface area contributed by atoms with Crippen molar-refractivity contribution in [2.75, 3.05) is 24.4 Å². The Kier molecular flexibility index (Phi) is 22.5. The average Bonchev–Trinajstić information content (AvgIpc) is 4.05. The molecule has 0 spiro atoms. The quantitative estimate of drug-likeness (QED) is 0.0510. The Morgan fingerprint density at radius 2 is 1.46 bits per heavy atom. The highest BCUT2D eigenvalue weighted by Gasteiger charge is 2.51. The molecule has 2 fully saturated rings. The van der Waals surface area contributed by atoms with Crippen LogP contribution in [0.2, 0.25) is 0 Å². The van der Waals surface area contributed by atoms with E-state index in [1.54, 1.807) is 41.5 Å². The number of H-pyrrole nitrogens is 1. The van der Waals surface area contributed by atoms with Crippen LogP contribution in [0.4, 0.5) is 0 Å². The number of aliphatic hydroxyl groups excluding tert-OH is 1. The van der Waals surface area contributed by atoms with E-state index in [1.165, 1.54) is 40.9 Å². The number of hydrogen-bond donors (Lipinski definition) is 11. The first-order valence-corrected chi connectivity index (χ1v) is 25.4. The van der Waals surface area contributed by atoms with Gasteiger partial charge in [0.15, 0.2) is 6.10 Å². The van der Waals surface area contributed by atoms with E-state index in [-0.39, 0.29) is 43.9 Å². The minimum Gasteiger partial charge on any atom is -0.480 e. The molecule has 382 valence electrons. The van der Waals surface area contributed by atoms with Gasteiger partial charge in [-0.2, -0.15) is 11.8 Å². The smallest absolute Gasteiger partial charge is 0.326 e. The molecule has 0 aliphatic carbocycles. The SMILES string of the molecule is CSCC[C@H](NC(=O)[C@@H](NC(=O)[C@H]1N(C(=O)C(O)[C@H](CC(C)C)NC(=O)[C@@H](NC(=O)[C@H](CCC(N)=O)NC(=O)[C@@H]2CCCN2)C(C)C)CSC1(C)C)C(C)C)C(=O)N[C@@H](Cc1cnc[nH]1)C(=O)O. The minimum absolute atomic E-state index is 0.0262. The Morgan fingerprint density at radius 3 is 2.00 bits per heavy atom. The second-order valence-electron chi connectivity index (χ2n) is 19.0. The number of carboxylic acid groups (broad SMARTS) is 1. The number of nitrogens with two attached hydrogens (primary N) is 1. The molecule has 0 saturated carbocycles. The zero-order valence-electron chi connectivity index (χ0n) is 40.5. The lowest BCUT2D eigenvalue weighted by molar-refractivity contribution is -0.148. The Balaban J connectivity index is 1.80. The van der Waals surface area contributed by atoms with Gasteiger partial charge in [-0.3, -0.25) is 38.4 Å². The normalized spacial score (nSPS) is 19.8. The van der Waals surface area contributed by atoms with Crippen LogP contribution in [0.1, 0.15) is 99.6 Å². The van der Waals surface area contributed by atoms with E-state index in [9.17, 15) is 53.4 Å². The first-order chi connectivity index (χ1) is 31.9.